The number of carbonyl (C=O) groups is 1. The van der Waals surface area contributed by atoms with Crippen LogP contribution in [-0.4, -0.2) is 32.8 Å². The van der Waals surface area contributed by atoms with E-state index in [4.69, 9.17) is 9.47 Å². The zero-order valence-corrected chi connectivity index (χ0v) is 15.4. The maximum atomic E-state index is 11.6. The Bertz CT molecular complexity index is 486. The Balaban J connectivity index is 2.55. The summed E-state index contributed by atoms with van der Waals surface area (Å²) in [6.07, 6.45) is 1.10. The first-order valence-corrected chi connectivity index (χ1v) is 8.13. The number of amides is 1. The summed E-state index contributed by atoms with van der Waals surface area (Å²) in [5, 5.41) is 2.73. The van der Waals surface area contributed by atoms with E-state index < -0.39 is 0 Å². The van der Waals surface area contributed by atoms with Crippen LogP contribution in [-0.2, 0) is 14.9 Å². The molecule has 0 saturated carbocycles. The molecule has 0 aromatic heterocycles. The maximum absolute atomic E-state index is 11.6. The second-order valence-electron chi connectivity index (χ2n) is 7.78. The number of methoxy groups -OCH3 is 1. The highest BCUT2D eigenvalue weighted by atomic mass is 16.5. The minimum Gasteiger partial charge on any atom is -0.484 e. The number of hydrogen-bond donors (Lipinski definition) is 1. The first kappa shape index (κ1) is 19.5. The van der Waals surface area contributed by atoms with Gasteiger partial charge in [-0.15, -0.1) is 0 Å². The van der Waals surface area contributed by atoms with Crippen LogP contribution >= 0.6 is 0 Å². The lowest BCUT2D eigenvalue weighted by Gasteiger charge is -2.33. The molecule has 0 aliphatic carbocycles. The van der Waals surface area contributed by atoms with Gasteiger partial charge < -0.3 is 14.8 Å². The quantitative estimate of drug-likeness (QED) is 0.745. The van der Waals surface area contributed by atoms with Crippen molar-refractivity contribution in [3.05, 3.63) is 29.8 Å². The predicted octanol–water partition coefficient (Wildman–Crippen LogP) is 3.54. The van der Waals surface area contributed by atoms with Gasteiger partial charge in [-0.3, -0.25) is 4.79 Å². The Morgan fingerprint density at radius 2 is 1.70 bits per heavy atom. The summed E-state index contributed by atoms with van der Waals surface area (Å²) in [7, 11) is 1.60. The fourth-order valence-electron chi connectivity index (χ4n) is 2.92. The van der Waals surface area contributed by atoms with Gasteiger partial charge in [-0.25, -0.2) is 0 Å². The second kappa shape index (κ2) is 8.34. The fourth-order valence-corrected chi connectivity index (χ4v) is 2.92. The summed E-state index contributed by atoms with van der Waals surface area (Å²) in [4.78, 5) is 11.6. The van der Waals surface area contributed by atoms with Gasteiger partial charge >= 0.3 is 0 Å². The van der Waals surface area contributed by atoms with E-state index in [9.17, 15) is 4.79 Å². The van der Waals surface area contributed by atoms with E-state index in [1.807, 2.05) is 12.1 Å². The number of rotatable bonds is 8. The predicted molar refractivity (Wildman–Crippen MR) is 93.9 cm³/mol. The number of nitrogens with one attached hydrogen (secondary N) is 1. The first-order chi connectivity index (χ1) is 10.6. The summed E-state index contributed by atoms with van der Waals surface area (Å²) < 4.78 is 10.4. The van der Waals surface area contributed by atoms with Gasteiger partial charge in [0.1, 0.15) is 5.75 Å². The Hall–Kier alpha value is -1.55. The van der Waals surface area contributed by atoms with E-state index in [-0.39, 0.29) is 23.3 Å². The molecule has 1 aromatic carbocycles. The molecule has 0 saturated heterocycles. The van der Waals surface area contributed by atoms with Gasteiger partial charge in [-0.1, -0.05) is 46.8 Å². The monoisotopic (exact) mass is 321 g/mol. The highest BCUT2D eigenvalue weighted by molar-refractivity contribution is 5.77. The molecular weight excluding hydrogens is 290 g/mol. The molecule has 23 heavy (non-hydrogen) atoms. The lowest BCUT2D eigenvalue weighted by atomic mass is 9.72. The van der Waals surface area contributed by atoms with Gasteiger partial charge in [0.05, 0.1) is 6.61 Å². The van der Waals surface area contributed by atoms with Crippen molar-refractivity contribution in [2.45, 2.75) is 46.5 Å². The van der Waals surface area contributed by atoms with Crippen LogP contribution in [0, 0.1) is 5.41 Å². The van der Waals surface area contributed by atoms with E-state index >= 15 is 0 Å². The fraction of sp³-hybridized carbons (Fsp3) is 0.632. The summed E-state index contributed by atoms with van der Waals surface area (Å²) in [5.41, 5.74) is 1.66. The van der Waals surface area contributed by atoms with Crippen molar-refractivity contribution < 1.29 is 14.3 Å². The van der Waals surface area contributed by atoms with E-state index in [1.165, 1.54) is 5.56 Å². The summed E-state index contributed by atoms with van der Waals surface area (Å²) in [5.74, 6) is 0.571. The average molecular weight is 321 g/mol. The molecule has 0 radical (unpaired) electrons. The van der Waals surface area contributed by atoms with Gasteiger partial charge in [0.25, 0.3) is 5.91 Å². The van der Waals surface area contributed by atoms with Gasteiger partial charge in [0.2, 0.25) is 0 Å². The van der Waals surface area contributed by atoms with Crippen molar-refractivity contribution in [3.8, 4) is 5.75 Å². The van der Waals surface area contributed by atoms with Crippen molar-refractivity contribution >= 4 is 5.91 Å². The summed E-state index contributed by atoms with van der Waals surface area (Å²) in [6, 6.07) is 8.04. The van der Waals surface area contributed by atoms with Crippen LogP contribution in [0.1, 0.15) is 46.6 Å². The van der Waals surface area contributed by atoms with Crippen molar-refractivity contribution in [2.75, 3.05) is 26.9 Å². The van der Waals surface area contributed by atoms with Gasteiger partial charge in [0.15, 0.2) is 6.61 Å². The molecule has 1 rings (SSSR count). The van der Waals surface area contributed by atoms with E-state index in [1.54, 1.807) is 7.11 Å². The Kier molecular flexibility index (Phi) is 7.07. The highest BCUT2D eigenvalue weighted by Crippen LogP contribution is 2.36. The molecule has 1 aromatic rings. The SMILES string of the molecule is COCCNC(=O)COc1ccc(C(C)(C)CC(C)(C)C)cc1. The van der Waals surface area contributed by atoms with Crippen LogP contribution in [0.5, 0.6) is 5.75 Å². The van der Waals surface area contributed by atoms with E-state index in [2.05, 4.69) is 52.1 Å². The van der Waals surface area contributed by atoms with E-state index in [0.29, 0.717) is 18.9 Å². The van der Waals surface area contributed by atoms with Gasteiger partial charge in [0, 0.05) is 13.7 Å². The van der Waals surface area contributed by atoms with Crippen molar-refractivity contribution in [1.82, 2.24) is 5.32 Å². The number of benzene rings is 1. The molecule has 0 spiro atoms. The molecule has 130 valence electrons. The van der Waals surface area contributed by atoms with Crippen molar-refractivity contribution in [3.63, 3.8) is 0 Å². The minimum atomic E-state index is -0.140. The third-order valence-electron chi connectivity index (χ3n) is 3.61. The molecule has 0 fully saturated rings. The van der Waals surface area contributed by atoms with E-state index in [0.717, 1.165) is 6.42 Å². The Labute approximate surface area is 140 Å². The smallest absolute Gasteiger partial charge is 0.258 e. The normalized spacial score (nSPS) is 12.1. The Morgan fingerprint density at radius 3 is 2.22 bits per heavy atom. The molecular formula is C19H31NO3. The summed E-state index contributed by atoms with van der Waals surface area (Å²) >= 11 is 0. The first-order valence-electron chi connectivity index (χ1n) is 8.13. The van der Waals surface area contributed by atoms with Crippen molar-refractivity contribution in [1.29, 1.82) is 0 Å². The summed E-state index contributed by atoms with van der Waals surface area (Å²) in [6.45, 7) is 12.3. The van der Waals surface area contributed by atoms with Crippen LogP contribution in [0.4, 0.5) is 0 Å². The molecule has 1 amide bonds. The zero-order valence-electron chi connectivity index (χ0n) is 15.4. The molecule has 0 heterocycles. The molecule has 0 aliphatic rings. The Morgan fingerprint density at radius 1 is 1.09 bits per heavy atom. The molecule has 4 heteroatoms. The topological polar surface area (TPSA) is 47.6 Å². The van der Waals surface area contributed by atoms with Crippen LogP contribution in [0.2, 0.25) is 0 Å². The number of ether oxygens (including phenoxy) is 2. The van der Waals surface area contributed by atoms with Gasteiger partial charge in [-0.05, 0) is 34.9 Å². The van der Waals surface area contributed by atoms with Crippen LogP contribution in [0.25, 0.3) is 0 Å². The molecule has 4 nitrogen and oxygen atoms in total. The molecule has 0 atom stereocenters. The maximum Gasteiger partial charge on any atom is 0.258 e. The van der Waals surface area contributed by atoms with Crippen LogP contribution in [0.15, 0.2) is 24.3 Å². The molecule has 1 N–H and O–H groups in total. The molecule has 0 bridgehead atoms. The number of carbonyl (C=O) groups excluding carboxylic acids is 1. The second-order valence-corrected chi connectivity index (χ2v) is 7.78. The third kappa shape index (κ3) is 7.51. The minimum absolute atomic E-state index is 0.0223. The average Bonchev–Trinajstić information content (AvgIpc) is 2.43. The van der Waals surface area contributed by atoms with Crippen LogP contribution < -0.4 is 10.1 Å². The molecule has 0 aliphatic heterocycles. The van der Waals surface area contributed by atoms with Crippen molar-refractivity contribution in [2.24, 2.45) is 5.41 Å². The lowest BCUT2D eigenvalue weighted by molar-refractivity contribution is -0.123. The standard InChI is InChI=1S/C19H31NO3/c1-18(2,3)14-19(4,5)15-7-9-16(10-8-15)23-13-17(21)20-11-12-22-6/h7-10H,11-14H2,1-6H3,(H,20,21). The van der Waals surface area contributed by atoms with Gasteiger partial charge in [-0.2, -0.15) is 0 Å². The lowest BCUT2D eigenvalue weighted by Crippen LogP contribution is -2.31. The highest BCUT2D eigenvalue weighted by Gasteiger charge is 2.27. The number of hydrogen-bond acceptors (Lipinski definition) is 3. The molecule has 0 unspecified atom stereocenters. The largest absolute Gasteiger partial charge is 0.484 e. The van der Waals surface area contributed by atoms with Crippen LogP contribution in [0.3, 0.4) is 0 Å². The third-order valence-corrected chi connectivity index (χ3v) is 3.61. The zero-order chi connectivity index (χ0) is 17.5.